The minimum Gasteiger partial charge on any atom is -0.668 e. The Morgan fingerprint density at radius 3 is 1.19 bits per heavy atom. The summed E-state index contributed by atoms with van der Waals surface area (Å²) < 4.78 is 14.8. The molecule has 0 amide bonds. The van der Waals surface area contributed by atoms with Crippen molar-refractivity contribution < 1.29 is 9.84 Å². The zero-order valence-corrected chi connectivity index (χ0v) is 28.7. The second kappa shape index (κ2) is 10.8. The van der Waals surface area contributed by atoms with Crippen LogP contribution in [-0.2, 0) is 15.0 Å². The predicted octanol–water partition coefficient (Wildman–Crippen LogP) is 7.28. The number of fused-ring (bicyclic) bond motifs is 1. The molecule has 0 bridgehead atoms. The Hall–Kier alpha value is 0.470. The molecule has 0 saturated carbocycles. The minimum absolute atomic E-state index is 0.389. The van der Waals surface area contributed by atoms with Gasteiger partial charge in [-0.25, -0.2) is 0 Å². The molecule has 3 radical (unpaired) electrons. The van der Waals surface area contributed by atoms with E-state index in [0.717, 1.165) is 11.1 Å². The fourth-order valence-electron chi connectivity index (χ4n) is 3.82. The number of benzene rings is 1. The van der Waals surface area contributed by atoms with Gasteiger partial charge in [0.05, 0.1) is 0 Å². The quantitative estimate of drug-likeness (QED) is 0.396. The molecule has 0 aromatic heterocycles. The van der Waals surface area contributed by atoms with E-state index >= 15 is 0 Å². The molecule has 179 valence electrons. The maximum absolute atomic E-state index is 9.96. The second-order valence-electron chi connectivity index (χ2n) is 12.6. The Bertz CT molecular complexity index is 618. The van der Waals surface area contributed by atoms with E-state index in [1.165, 1.54) is 0 Å². The molecule has 4 nitrogen and oxygen atoms in total. The third-order valence-corrected chi connectivity index (χ3v) is 15.2. The Morgan fingerprint density at radius 1 is 0.677 bits per heavy atom. The molecule has 2 atom stereocenters. The summed E-state index contributed by atoms with van der Waals surface area (Å²) in [6.07, 6.45) is 0. The molecule has 1 heterocycles. The number of ether oxygens (including phenoxy) is 1. The van der Waals surface area contributed by atoms with E-state index in [-0.39, 0.29) is 4.43 Å². The Kier molecular flexibility index (Phi) is 11.0. The molecular weight excluding hydrogens is 509 g/mol. The first-order valence-corrected chi connectivity index (χ1v) is 25.9. The molecule has 1 aromatic rings. The fraction of sp³-hybridized carbons (Fsp3) is 0.727. The molecule has 1 N–H and O–H groups in total. The van der Waals surface area contributed by atoms with Crippen LogP contribution >= 0.6 is 0 Å². The van der Waals surface area contributed by atoms with Gasteiger partial charge in [0.25, 0.3) is 0 Å². The van der Waals surface area contributed by atoms with E-state index in [0.29, 0.717) is 0 Å². The van der Waals surface area contributed by atoms with Gasteiger partial charge in [-0.3, -0.25) is 0 Å². The first kappa shape index (κ1) is 31.5. The average molecular weight is 557 g/mol. The van der Waals surface area contributed by atoms with Gasteiger partial charge in [0.1, 0.15) is 0 Å². The van der Waals surface area contributed by atoms with Gasteiger partial charge in [0, 0.05) is 0 Å². The molecule has 0 spiro atoms. The molecule has 1 aliphatic rings. The van der Waals surface area contributed by atoms with Crippen molar-refractivity contribution >= 4 is 49.5 Å². The van der Waals surface area contributed by atoms with Gasteiger partial charge >= 0.3 is 85.8 Å². The van der Waals surface area contributed by atoms with Gasteiger partial charge in [-0.15, -0.1) is 0 Å². The maximum Gasteiger partial charge on any atom is -0.0691 e. The SMILES string of the molecule is CC1(O)O[C](C)([Ge])c2ccccc21.C[Si](C)(C)[N-][Si](C)(C)C.C[Si](C)(C)[N-][Si](C)(C)C. The van der Waals surface area contributed by atoms with Gasteiger partial charge in [0.15, 0.2) is 0 Å². The van der Waals surface area contributed by atoms with Crippen molar-refractivity contribution in [1.29, 1.82) is 0 Å². The molecule has 2 unspecified atom stereocenters. The smallest absolute Gasteiger partial charge is 0.0691 e. The van der Waals surface area contributed by atoms with Crippen molar-refractivity contribution in [2.24, 2.45) is 0 Å². The summed E-state index contributed by atoms with van der Waals surface area (Å²) in [6.45, 7) is 31.2. The van der Waals surface area contributed by atoms with Crippen LogP contribution in [0.2, 0.25) is 78.6 Å². The molecule has 1 aliphatic heterocycles. The molecule has 0 aliphatic carbocycles. The molecule has 0 fully saturated rings. The number of rotatable bonds is 4. The second-order valence-corrected chi connectivity index (χ2v) is 33.7. The van der Waals surface area contributed by atoms with E-state index in [2.05, 4.69) is 78.6 Å². The van der Waals surface area contributed by atoms with Crippen molar-refractivity contribution in [2.75, 3.05) is 0 Å². The average Bonchev–Trinajstić information content (AvgIpc) is 2.58. The van der Waals surface area contributed by atoms with Crippen molar-refractivity contribution in [3.05, 3.63) is 44.7 Å². The van der Waals surface area contributed by atoms with Gasteiger partial charge in [-0.2, -0.15) is 0 Å². The number of hydrogen-bond donors (Lipinski definition) is 1. The topological polar surface area (TPSA) is 57.7 Å². The summed E-state index contributed by atoms with van der Waals surface area (Å²) in [4.78, 5) is 0. The van der Waals surface area contributed by atoms with Crippen LogP contribution in [0, 0.1) is 0 Å². The summed E-state index contributed by atoms with van der Waals surface area (Å²) in [7, 11) is -4.42. The van der Waals surface area contributed by atoms with Gasteiger partial charge in [-0.05, 0) is 0 Å². The van der Waals surface area contributed by atoms with E-state index in [4.69, 9.17) is 14.0 Å². The van der Waals surface area contributed by atoms with Gasteiger partial charge in [0.2, 0.25) is 0 Å². The van der Waals surface area contributed by atoms with Crippen LogP contribution in [0.5, 0.6) is 0 Å². The first-order valence-electron chi connectivity index (χ1n) is 11.1. The van der Waals surface area contributed by atoms with E-state index in [9.17, 15) is 5.11 Å². The number of nitrogens with zero attached hydrogens (tertiary/aromatic N) is 2. The maximum atomic E-state index is 9.96. The minimum atomic E-state index is -1.14. The van der Waals surface area contributed by atoms with Crippen LogP contribution in [-0.4, -0.2) is 54.6 Å². The molecule has 0 saturated heterocycles. The zero-order chi connectivity index (χ0) is 25.1. The van der Waals surface area contributed by atoms with Crippen LogP contribution in [0.25, 0.3) is 9.30 Å². The van der Waals surface area contributed by atoms with Gasteiger partial charge in [-0.1, -0.05) is 112 Å². The van der Waals surface area contributed by atoms with E-state index in [1.54, 1.807) is 6.92 Å². The van der Waals surface area contributed by atoms with Crippen LogP contribution < -0.4 is 0 Å². The summed E-state index contributed by atoms with van der Waals surface area (Å²) in [5.74, 6) is -1.14. The monoisotopic (exact) mass is 557 g/mol. The largest absolute Gasteiger partial charge is 0.668 e. The Balaban J connectivity index is 0.000000452. The van der Waals surface area contributed by atoms with Crippen molar-refractivity contribution in [2.45, 2.75) is 103 Å². The summed E-state index contributed by atoms with van der Waals surface area (Å²) >= 11 is 1.97. The van der Waals surface area contributed by atoms with Gasteiger partial charge < -0.3 is 9.30 Å². The molecule has 9 heteroatoms. The normalized spacial score (nSPS) is 23.9. The Morgan fingerprint density at radius 2 is 0.968 bits per heavy atom. The molecule has 2 rings (SSSR count). The van der Waals surface area contributed by atoms with Crippen LogP contribution in [0.4, 0.5) is 0 Å². The Labute approximate surface area is 205 Å². The van der Waals surface area contributed by atoms with Crippen molar-refractivity contribution in [1.82, 2.24) is 0 Å². The van der Waals surface area contributed by atoms with Crippen molar-refractivity contribution in [3.8, 4) is 0 Å². The predicted molar refractivity (Wildman–Crippen MR) is 150 cm³/mol. The molecule has 1 aromatic carbocycles. The third-order valence-electron chi connectivity index (χ3n) is 3.69. The zero-order valence-electron chi connectivity index (χ0n) is 22.6. The van der Waals surface area contributed by atoms with Crippen LogP contribution in [0.1, 0.15) is 25.0 Å². The fourth-order valence-corrected chi connectivity index (χ4v) is 20.8. The van der Waals surface area contributed by atoms with Crippen LogP contribution in [0.3, 0.4) is 0 Å². The molecular formula is C22H47GeN2O2Si4-2. The summed E-state index contributed by atoms with van der Waals surface area (Å²) in [5, 5.41) is 9.96. The first-order chi connectivity index (χ1) is 13.3. The number of aliphatic hydroxyl groups is 1. The number of hydrogen-bond acceptors (Lipinski definition) is 2. The third kappa shape index (κ3) is 14.4. The standard InChI is InChI=1S/C10H11GeO2.2C6H18NSi2/c1-9(11)7-5-3-4-6-8(7)10(2,12)13-9;2*1-8(2,3)7-9(4,5)6/h3-6,12H,1-2H3;2*1-6H3/q;2*-1. The summed E-state index contributed by atoms with van der Waals surface area (Å²) in [5.41, 5.74) is 1.94. The summed E-state index contributed by atoms with van der Waals surface area (Å²) in [6, 6.07) is 7.78. The molecule has 31 heavy (non-hydrogen) atoms. The van der Waals surface area contributed by atoms with Crippen molar-refractivity contribution in [3.63, 3.8) is 0 Å². The van der Waals surface area contributed by atoms with E-state index in [1.807, 2.05) is 47.7 Å². The van der Waals surface area contributed by atoms with E-state index < -0.39 is 38.7 Å². The van der Waals surface area contributed by atoms with Crippen LogP contribution in [0.15, 0.2) is 24.3 Å².